The number of nitrogens with zero attached hydrogens (tertiary/aromatic N) is 1. The Morgan fingerprint density at radius 3 is 2.62 bits per heavy atom. The maximum absolute atomic E-state index is 12.0. The Hall–Kier alpha value is -1.41. The first-order chi connectivity index (χ1) is 12.3. The van der Waals surface area contributed by atoms with Crippen LogP contribution < -0.4 is 4.90 Å². The Labute approximate surface area is 163 Å². The molecule has 0 N–H and O–H groups in total. The smallest absolute Gasteiger partial charge is 0.332 e. The molecule has 0 radical (unpaired) electrons. The van der Waals surface area contributed by atoms with Crippen molar-refractivity contribution in [3.63, 3.8) is 0 Å². The lowest BCUT2D eigenvalue weighted by Crippen LogP contribution is -2.29. The minimum Gasteiger partial charge on any atom is -0.463 e. The van der Waals surface area contributed by atoms with Crippen LogP contribution in [0.5, 0.6) is 0 Å². The molecule has 0 bridgehead atoms. The van der Waals surface area contributed by atoms with Gasteiger partial charge in [0.25, 0.3) is 0 Å². The van der Waals surface area contributed by atoms with Crippen LogP contribution in [0.25, 0.3) is 0 Å². The van der Waals surface area contributed by atoms with Crippen LogP contribution in [0.15, 0.2) is 40.5 Å². The molecule has 0 unspecified atom stereocenters. The number of ether oxygens (including phenoxy) is 4. The third kappa shape index (κ3) is 4.85. The van der Waals surface area contributed by atoms with Gasteiger partial charge < -0.3 is 23.8 Å². The van der Waals surface area contributed by atoms with Crippen molar-refractivity contribution in [2.45, 2.75) is 38.8 Å². The molecule has 2 saturated heterocycles. The number of carbonyl (C=O) groups is 1. The SMILES string of the molecule is CCOC(=O)/C=C1\[C@@H]2OC(C)(C)O[C@@H]2CN1c1ccccc1Br.COC. The van der Waals surface area contributed by atoms with Gasteiger partial charge in [0.1, 0.15) is 12.2 Å². The molecule has 7 heteroatoms. The van der Waals surface area contributed by atoms with Crippen LogP contribution in [0.1, 0.15) is 20.8 Å². The Kier molecular flexibility index (Phi) is 7.23. The molecule has 26 heavy (non-hydrogen) atoms. The van der Waals surface area contributed by atoms with Gasteiger partial charge in [-0.15, -0.1) is 0 Å². The van der Waals surface area contributed by atoms with E-state index >= 15 is 0 Å². The molecule has 1 aromatic rings. The summed E-state index contributed by atoms with van der Waals surface area (Å²) in [6.07, 6.45) is 1.12. The zero-order chi connectivity index (χ0) is 19.3. The highest BCUT2D eigenvalue weighted by Gasteiger charge is 2.50. The monoisotopic (exact) mass is 427 g/mol. The number of para-hydroxylation sites is 1. The highest BCUT2D eigenvalue weighted by atomic mass is 79.9. The fourth-order valence-electron chi connectivity index (χ4n) is 3.03. The van der Waals surface area contributed by atoms with Crippen molar-refractivity contribution < 1.29 is 23.7 Å². The van der Waals surface area contributed by atoms with Crippen molar-refractivity contribution in [3.05, 3.63) is 40.5 Å². The fraction of sp³-hybridized carbons (Fsp3) is 0.526. The number of carbonyl (C=O) groups excluding carboxylic acids is 1. The topological polar surface area (TPSA) is 57.2 Å². The molecule has 1 aromatic carbocycles. The summed E-state index contributed by atoms with van der Waals surface area (Å²) in [4.78, 5) is 14.0. The molecule has 0 spiro atoms. The van der Waals surface area contributed by atoms with E-state index in [0.717, 1.165) is 15.9 Å². The molecule has 2 aliphatic rings. The van der Waals surface area contributed by atoms with E-state index in [1.165, 1.54) is 6.08 Å². The summed E-state index contributed by atoms with van der Waals surface area (Å²) < 4.78 is 22.2. The maximum atomic E-state index is 12.0. The summed E-state index contributed by atoms with van der Waals surface area (Å²) in [5.74, 6) is -1.02. The van der Waals surface area contributed by atoms with Crippen LogP contribution in [0.4, 0.5) is 5.69 Å². The third-order valence-corrected chi connectivity index (χ3v) is 4.52. The van der Waals surface area contributed by atoms with Crippen LogP contribution in [0.3, 0.4) is 0 Å². The number of anilines is 1. The molecule has 144 valence electrons. The number of rotatable bonds is 3. The summed E-state index contributed by atoms with van der Waals surface area (Å²) in [5.41, 5.74) is 1.74. The molecule has 2 aliphatic heterocycles. The average molecular weight is 428 g/mol. The summed E-state index contributed by atoms with van der Waals surface area (Å²) in [5, 5.41) is 0. The quantitative estimate of drug-likeness (QED) is 0.543. The standard InChI is InChI=1S/C17H20BrNO4.C2H6O/c1-4-21-15(20)9-13-16-14(22-17(2,3)23-16)10-19(13)12-8-6-5-7-11(12)18;1-3-2/h5-9,14,16H,4,10H2,1-3H3;1-2H3/b13-9+;/t14-,16+;/m1./s1. The van der Waals surface area contributed by atoms with Gasteiger partial charge in [0.15, 0.2) is 5.79 Å². The van der Waals surface area contributed by atoms with Gasteiger partial charge in [0.2, 0.25) is 0 Å². The molecule has 2 fully saturated rings. The number of hydrogen-bond donors (Lipinski definition) is 0. The molecule has 0 aromatic heterocycles. The van der Waals surface area contributed by atoms with Gasteiger partial charge in [-0.25, -0.2) is 4.79 Å². The van der Waals surface area contributed by atoms with Crippen LogP contribution in [-0.2, 0) is 23.7 Å². The highest BCUT2D eigenvalue weighted by Crippen LogP contribution is 2.42. The van der Waals surface area contributed by atoms with Gasteiger partial charge in [-0.3, -0.25) is 0 Å². The number of benzene rings is 1. The largest absolute Gasteiger partial charge is 0.463 e. The summed E-state index contributed by atoms with van der Waals surface area (Å²) in [6, 6.07) is 7.88. The van der Waals surface area contributed by atoms with E-state index in [4.69, 9.17) is 14.2 Å². The molecule has 3 rings (SSSR count). The minimum absolute atomic E-state index is 0.113. The Morgan fingerprint density at radius 2 is 2.00 bits per heavy atom. The summed E-state index contributed by atoms with van der Waals surface area (Å²) in [7, 11) is 3.25. The fourth-order valence-corrected chi connectivity index (χ4v) is 3.53. The molecule has 2 atom stereocenters. The molecule has 0 saturated carbocycles. The Morgan fingerprint density at radius 1 is 1.35 bits per heavy atom. The lowest BCUT2D eigenvalue weighted by molar-refractivity contribution is -0.146. The predicted octanol–water partition coefficient (Wildman–Crippen LogP) is 3.50. The van der Waals surface area contributed by atoms with E-state index in [9.17, 15) is 4.79 Å². The van der Waals surface area contributed by atoms with E-state index in [1.54, 1.807) is 21.1 Å². The first-order valence-electron chi connectivity index (χ1n) is 8.49. The lowest BCUT2D eigenvalue weighted by atomic mass is 10.2. The van der Waals surface area contributed by atoms with Crippen molar-refractivity contribution in [2.24, 2.45) is 0 Å². The number of methoxy groups -OCH3 is 1. The van der Waals surface area contributed by atoms with Gasteiger partial charge in [0.05, 0.1) is 24.5 Å². The Balaban J connectivity index is 0.000000758. The predicted molar refractivity (Wildman–Crippen MR) is 103 cm³/mol. The van der Waals surface area contributed by atoms with Crippen molar-refractivity contribution >= 4 is 27.6 Å². The van der Waals surface area contributed by atoms with Crippen molar-refractivity contribution in [2.75, 3.05) is 32.3 Å². The molecular formula is C19H26BrNO5. The summed E-state index contributed by atoms with van der Waals surface area (Å²) >= 11 is 3.57. The number of halogens is 1. The number of esters is 1. The van der Waals surface area contributed by atoms with E-state index in [1.807, 2.05) is 43.0 Å². The van der Waals surface area contributed by atoms with E-state index < -0.39 is 5.79 Å². The Bertz CT molecular complexity index is 661. The van der Waals surface area contributed by atoms with Crippen molar-refractivity contribution in [1.82, 2.24) is 0 Å². The minimum atomic E-state index is -0.650. The maximum Gasteiger partial charge on any atom is 0.332 e. The highest BCUT2D eigenvalue weighted by molar-refractivity contribution is 9.10. The van der Waals surface area contributed by atoms with E-state index in [0.29, 0.717) is 13.2 Å². The van der Waals surface area contributed by atoms with Gasteiger partial charge in [-0.1, -0.05) is 12.1 Å². The van der Waals surface area contributed by atoms with Crippen molar-refractivity contribution in [1.29, 1.82) is 0 Å². The van der Waals surface area contributed by atoms with Crippen LogP contribution in [-0.4, -0.2) is 51.3 Å². The van der Waals surface area contributed by atoms with Gasteiger partial charge >= 0.3 is 5.97 Å². The second kappa shape index (κ2) is 8.99. The van der Waals surface area contributed by atoms with Crippen LogP contribution in [0.2, 0.25) is 0 Å². The first kappa shape index (κ1) is 20.9. The summed E-state index contributed by atoms with van der Waals surface area (Å²) in [6.45, 7) is 6.53. The second-order valence-corrected chi connectivity index (χ2v) is 7.24. The van der Waals surface area contributed by atoms with E-state index in [2.05, 4.69) is 20.7 Å². The third-order valence-electron chi connectivity index (χ3n) is 3.84. The molecule has 0 aliphatic carbocycles. The molecule has 0 amide bonds. The van der Waals surface area contributed by atoms with Gasteiger partial charge in [-0.05, 0) is 48.8 Å². The van der Waals surface area contributed by atoms with Gasteiger partial charge in [-0.2, -0.15) is 0 Å². The zero-order valence-electron chi connectivity index (χ0n) is 15.8. The van der Waals surface area contributed by atoms with Crippen molar-refractivity contribution in [3.8, 4) is 0 Å². The number of fused-ring (bicyclic) bond motifs is 1. The molecule has 2 heterocycles. The van der Waals surface area contributed by atoms with E-state index in [-0.39, 0.29) is 18.2 Å². The lowest BCUT2D eigenvalue weighted by Gasteiger charge is -2.26. The van der Waals surface area contributed by atoms with Crippen LogP contribution >= 0.6 is 15.9 Å². The second-order valence-electron chi connectivity index (χ2n) is 6.39. The zero-order valence-corrected chi connectivity index (χ0v) is 17.4. The average Bonchev–Trinajstić information content (AvgIpc) is 3.02. The molecular weight excluding hydrogens is 402 g/mol. The first-order valence-corrected chi connectivity index (χ1v) is 9.28. The van der Waals surface area contributed by atoms with Gasteiger partial charge in [0, 0.05) is 24.8 Å². The molecule has 6 nitrogen and oxygen atoms in total. The van der Waals surface area contributed by atoms with Crippen LogP contribution in [0, 0.1) is 0 Å². The normalized spacial score (nSPS) is 24.8. The number of hydrogen-bond acceptors (Lipinski definition) is 6.